The summed E-state index contributed by atoms with van der Waals surface area (Å²) in [6.45, 7) is 3.85. The summed E-state index contributed by atoms with van der Waals surface area (Å²) in [5.74, 6) is -1.58. The van der Waals surface area contributed by atoms with Crippen molar-refractivity contribution in [3.8, 4) is 11.5 Å². The number of amides is 3. The molecule has 9 heteroatoms. The standard InChI is InChI=1S/C21H24N4O5/c1-3-15-7-5-6-8-16(15)24-20(27)21(28)25-23-12-14-9-10-17(30-13-19(22)26)18(11-14)29-4-2/h5-12H,3-4,13H2,1-2H3,(H2,22,26)(H,24,27)(H,25,28). The number of hydrogen-bond acceptors (Lipinski definition) is 6. The van der Waals surface area contributed by atoms with E-state index in [1.807, 2.05) is 19.1 Å². The van der Waals surface area contributed by atoms with Crippen molar-refractivity contribution in [2.45, 2.75) is 20.3 Å². The number of aryl methyl sites for hydroxylation is 1. The maximum absolute atomic E-state index is 12.1. The molecule has 2 aromatic carbocycles. The second kappa shape index (κ2) is 11.2. The molecule has 0 atom stereocenters. The van der Waals surface area contributed by atoms with E-state index in [0.717, 1.165) is 12.0 Å². The Morgan fingerprint density at radius 2 is 1.80 bits per heavy atom. The first-order valence-corrected chi connectivity index (χ1v) is 9.34. The SMILES string of the molecule is CCOc1cc(C=NNC(=O)C(=O)Nc2ccccc2CC)ccc1OCC(N)=O. The zero-order chi connectivity index (χ0) is 21.9. The molecule has 158 valence electrons. The van der Waals surface area contributed by atoms with Gasteiger partial charge in [0.25, 0.3) is 5.91 Å². The summed E-state index contributed by atoms with van der Waals surface area (Å²) in [6.07, 6.45) is 2.07. The topological polar surface area (TPSA) is 132 Å². The second-order valence-corrected chi connectivity index (χ2v) is 6.06. The highest BCUT2D eigenvalue weighted by atomic mass is 16.5. The van der Waals surface area contributed by atoms with Crippen LogP contribution < -0.4 is 25.9 Å². The van der Waals surface area contributed by atoms with Crippen LogP contribution in [0.5, 0.6) is 11.5 Å². The Hall–Kier alpha value is -3.88. The minimum atomic E-state index is -0.899. The lowest BCUT2D eigenvalue weighted by atomic mass is 10.1. The molecule has 3 amide bonds. The van der Waals surface area contributed by atoms with Crippen LogP contribution in [0, 0.1) is 0 Å². The summed E-state index contributed by atoms with van der Waals surface area (Å²) in [5.41, 5.74) is 9.34. The number of hydrazone groups is 1. The summed E-state index contributed by atoms with van der Waals surface area (Å²) >= 11 is 0. The Bertz CT molecular complexity index is 943. The second-order valence-electron chi connectivity index (χ2n) is 6.06. The molecule has 2 rings (SSSR count). The van der Waals surface area contributed by atoms with Gasteiger partial charge in [0.15, 0.2) is 18.1 Å². The number of carbonyl (C=O) groups is 3. The van der Waals surface area contributed by atoms with Crippen molar-refractivity contribution in [2.24, 2.45) is 10.8 Å². The third-order valence-electron chi connectivity index (χ3n) is 3.87. The molecule has 0 aliphatic heterocycles. The number of nitrogens with two attached hydrogens (primary N) is 1. The van der Waals surface area contributed by atoms with Gasteiger partial charge in [-0.2, -0.15) is 5.10 Å². The van der Waals surface area contributed by atoms with Crippen LogP contribution in [-0.2, 0) is 20.8 Å². The first-order valence-electron chi connectivity index (χ1n) is 9.34. The molecule has 4 N–H and O–H groups in total. The lowest BCUT2D eigenvalue weighted by Gasteiger charge is -2.11. The molecule has 0 unspecified atom stereocenters. The van der Waals surface area contributed by atoms with Gasteiger partial charge >= 0.3 is 11.8 Å². The van der Waals surface area contributed by atoms with E-state index in [4.69, 9.17) is 15.2 Å². The van der Waals surface area contributed by atoms with Gasteiger partial charge < -0.3 is 20.5 Å². The van der Waals surface area contributed by atoms with Crippen LogP contribution in [0.3, 0.4) is 0 Å². The number of benzene rings is 2. The molecule has 0 radical (unpaired) electrons. The monoisotopic (exact) mass is 412 g/mol. The fourth-order valence-corrected chi connectivity index (χ4v) is 2.49. The van der Waals surface area contributed by atoms with Crippen molar-refractivity contribution in [1.82, 2.24) is 5.43 Å². The summed E-state index contributed by atoms with van der Waals surface area (Å²) < 4.78 is 10.8. The molecular weight excluding hydrogens is 388 g/mol. The predicted octanol–water partition coefficient (Wildman–Crippen LogP) is 1.60. The Morgan fingerprint density at radius 1 is 1.03 bits per heavy atom. The summed E-state index contributed by atoms with van der Waals surface area (Å²) in [6, 6.07) is 12.1. The molecule has 0 saturated heterocycles. The third kappa shape index (κ3) is 6.62. The quantitative estimate of drug-likeness (QED) is 0.327. The minimum absolute atomic E-state index is 0.278. The Labute approximate surface area is 174 Å². The van der Waals surface area contributed by atoms with Crippen LogP contribution >= 0.6 is 0 Å². The van der Waals surface area contributed by atoms with Crippen molar-refractivity contribution in [3.63, 3.8) is 0 Å². The largest absolute Gasteiger partial charge is 0.490 e. The van der Waals surface area contributed by atoms with E-state index < -0.39 is 17.7 Å². The number of carbonyl (C=O) groups excluding carboxylic acids is 3. The molecule has 0 aromatic heterocycles. The van der Waals surface area contributed by atoms with Gasteiger partial charge in [-0.15, -0.1) is 0 Å². The van der Waals surface area contributed by atoms with Gasteiger partial charge in [0.1, 0.15) is 0 Å². The molecule has 9 nitrogen and oxygen atoms in total. The van der Waals surface area contributed by atoms with E-state index in [9.17, 15) is 14.4 Å². The van der Waals surface area contributed by atoms with Crippen molar-refractivity contribution in [1.29, 1.82) is 0 Å². The van der Waals surface area contributed by atoms with Crippen LogP contribution in [-0.4, -0.2) is 37.1 Å². The smallest absolute Gasteiger partial charge is 0.329 e. The van der Waals surface area contributed by atoms with Gasteiger partial charge in [0.05, 0.1) is 12.8 Å². The van der Waals surface area contributed by atoms with Gasteiger partial charge in [-0.1, -0.05) is 25.1 Å². The van der Waals surface area contributed by atoms with E-state index in [0.29, 0.717) is 29.4 Å². The maximum atomic E-state index is 12.1. The Morgan fingerprint density at radius 3 is 2.50 bits per heavy atom. The fraction of sp³-hybridized carbons (Fsp3) is 0.238. The van der Waals surface area contributed by atoms with Gasteiger partial charge in [0.2, 0.25) is 0 Å². The fourth-order valence-electron chi connectivity index (χ4n) is 2.49. The summed E-state index contributed by atoms with van der Waals surface area (Å²) in [4.78, 5) is 34.9. The van der Waals surface area contributed by atoms with Gasteiger partial charge in [-0.05, 0) is 48.7 Å². The maximum Gasteiger partial charge on any atom is 0.329 e. The van der Waals surface area contributed by atoms with Crippen LogP contribution in [0.25, 0.3) is 0 Å². The first-order chi connectivity index (χ1) is 14.4. The molecule has 0 aliphatic rings. The average molecular weight is 412 g/mol. The number of anilines is 1. The van der Waals surface area contributed by atoms with Crippen LogP contribution in [0.1, 0.15) is 25.0 Å². The molecule has 0 fully saturated rings. The van der Waals surface area contributed by atoms with E-state index in [1.165, 1.54) is 6.21 Å². The van der Waals surface area contributed by atoms with E-state index in [-0.39, 0.29) is 6.61 Å². The highest BCUT2D eigenvalue weighted by Gasteiger charge is 2.14. The zero-order valence-corrected chi connectivity index (χ0v) is 16.8. The third-order valence-corrected chi connectivity index (χ3v) is 3.87. The number of nitrogens with one attached hydrogen (secondary N) is 2. The van der Waals surface area contributed by atoms with Gasteiger partial charge in [-0.3, -0.25) is 14.4 Å². The van der Waals surface area contributed by atoms with Crippen molar-refractivity contribution in [3.05, 3.63) is 53.6 Å². The number of ether oxygens (including phenoxy) is 2. The average Bonchev–Trinajstić information content (AvgIpc) is 2.73. The number of para-hydroxylation sites is 1. The minimum Gasteiger partial charge on any atom is -0.490 e. The van der Waals surface area contributed by atoms with Crippen molar-refractivity contribution in [2.75, 3.05) is 18.5 Å². The molecule has 2 aromatic rings. The van der Waals surface area contributed by atoms with Crippen molar-refractivity contribution >= 4 is 29.6 Å². The molecular formula is C21H24N4O5. The molecule has 0 saturated carbocycles. The van der Waals surface area contributed by atoms with Gasteiger partial charge in [-0.25, -0.2) is 5.43 Å². The Kier molecular flexibility index (Phi) is 8.37. The Balaban J connectivity index is 1.99. The van der Waals surface area contributed by atoms with Crippen LogP contribution in [0.4, 0.5) is 5.69 Å². The summed E-state index contributed by atoms with van der Waals surface area (Å²) in [5, 5.41) is 6.36. The lowest BCUT2D eigenvalue weighted by molar-refractivity contribution is -0.136. The molecule has 0 bridgehead atoms. The first kappa shape index (κ1) is 22.4. The highest BCUT2D eigenvalue weighted by molar-refractivity contribution is 6.39. The van der Waals surface area contributed by atoms with Crippen molar-refractivity contribution < 1.29 is 23.9 Å². The molecule has 0 heterocycles. The number of primary amides is 1. The lowest BCUT2D eigenvalue weighted by Crippen LogP contribution is -2.32. The highest BCUT2D eigenvalue weighted by Crippen LogP contribution is 2.28. The van der Waals surface area contributed by atoms with Gasteiger partial charge in [0, 0.05) is 5.69 Å². The normalized spacial score (nSPS) is 10.5. The molecule has 0 aliphatic carbocycles. The van der Waals surface area contributed by atoms with E-state index in [1.54, 1.807) is 37.3 Å². The number of nitrogens with zero attached hydrogens (tertiary/aromatic N) is 1. The molecule has 30 heavy (non-hydrogen) atoms. The van der Waals surface area contributed by atoms with Crippen LogP contribution in [0.2, 0.25) is 0 Å². The molecule has 0 spiro atoms. The van der Waals surface area contributed by atoms with Crippen LogP contribution in [0.15, 0.2) is 47.6 Å². The summed E-state index contributed by atoms with van der Waals surface area (Å²) in [7, 11) is 0. The van der Waals surface area contributed by atoms with E-state index in [2.05, 4.69) is 15.8 Å². The number of hydrogen-bond donors (Lipinski definition) is 3. The van der Waals surface area contributed by atoms with E-state index >= 15 is 0 Å². The zero-order valence-electron chi connectivity index (χ0n) is 16.8. The predicted molar refractivity (Wildman–Crippen MR) is 112 cm³/mol. The number of rotatable bonds is 9.